The molecule has 1 atom stereocenters. The highest BCUT2D eigenvalue weighted by molar-refractivity contribution is 5.74. The lowest BCUT2D eigenvalue weighted by Gasteiger charge is -2.32. The maximum Gasteiger partial charge on any atom is 0.317 e. The zero-order chi connectivity index (χ0) is 17.2. The van der Waals surface area contributed by atoms with Gasteiger partial charge in [-0.05, 0) is 25.8 Å². The zero-order valence-electron chi connectivity index (χ0n) is 14.5. The summed E-state index contributed by atoms with van der Waals surface area (Å²) in [6.07, 6.45) is 3.79. The van der Waals surface area contributed by atoms with Crippen LogP contribution in [0.5, 0.6) is 5.88 Å². The molecule has 1 aromatic rings. The molecule has 1 aliphatic rings. The van der Waals surface area contributed by atoms with Crippen LogP contribution in [0.3, 0.4) is 0 Å². The number of pyridine rings is 1. The Balaban J connectivity index is 1.85. The highest BCUT2D eigenvalue weighted by atomic mass is 16.5. The molecule has 1 saturated heterocycles. The van der Waals surface area contributed by atoms with Crippen molar-refractivity contribution in [2.24, 2.45) is 0 Å². The van der Waals surface area contributed by atoms with E-state index in [4.69, 9.17) is 14.2 Å². The quantitative estimate of drug-likeness (QED) is 0.733. The van der Waals surface area contributed by atoms with Crippen LogP contribution >= 0.6 is 0 Å². The van der Waals surface area contributed by atoms with E-state index < -0.39 is 0 Å². The topological polar surface area (TPSA) is 72.9 Å². The van der Waals surface area contributed by atoms with Gasteiger partial charge in [0.2, 0.25) is 5.88 Å². The fraction of sp³-hybridized carbons (Fsp3) is 0.647. The molecule has 0 aliphatic carbocycles. The van der Waals surface area contributed by atoms with Gasteiger partial charge in [-0.1, -0.05) is 6.07 Å². The molecule has 1 aromatic heterocycles. The first kappa shape index (κ1) is 18.5. The second-order valence-corrected chi connectivity index (χ2v) is 5.63. The number of methoxy groups -OCH3 is 1. The van der Waals surface area contributed by atoms with E-state index in [9.17, 15) is 4.79 Å². The fourth-order valence-corrected chi connectivity index (χ4v) is 2.69. The van der Waals surface area contributed by atoms with Crippen LogP contribution in [0.15, 0.2) is 18.3 Å². The second-order valence-electron chi connectivity index (χ2n) is 5.63. The molecule has 24 heavy (non-hydrogen) atoms. The number of rotatable bonds is 8. The van der Waals surface area contributed by atoms with Gasteiger partial charge in [-0.15, -0.1) is 0 Å². The van der Waals surface area contributed by atoms with E-state index in [0.717, 1.165) is 24.9 Å². The van der Waals surface area contributed by atoms with Crippen LogP contribution in [-0.4, -0.2) is 62.0 Å². The van der Waals surface area contributed by atoms with E-state index in [-0.39, 0.29) is 12.1 Å². The molecule has 1 aliphatic heterocycles. The normalized spacial score (nSPS) is 17.6. The van der Waals surface area contributed by atoms with Crippen molar-refractivity contribution in [2.45, 2.75) is 32.4 Å². The predicted molar refractivity (Wildman–Crippen MR) is 90.1 cm³/mol. The van der Waals surface area contributed by atoms with Gasteiger partial charge in [0, 0.05) is 45.1 Å². The Bertz CT molecular complexity index is 510. The molecule has 2 heterocycles. The number of likely N-dealkylation sites (tertiary alicyclic amines) is 1. The summed E-state index contributed by atoms with van der Waals surface area (Å²) in [5, 5.41) is 2.94. The van der Waals surface area contributed by atoms with Gasteiger partial charge in [0.05, 0.1) is 12.7 Å². The Kier molecular flexibility index (Phi) is 7.77. The largest absolute Gasteiger partial charge is 0.475 e. The summed E-state index contributed by atoms with van der Waals surface area (Å²) in [4.78, 5) is 18.4. The SMILES string of the molecule is CCOC1CCCN(C(=O)NCc2cccnc2OCCOC)C1. The molecule has 0 saturated carbocycles. The van der Waals surface area contributed by atoms with Gasteiger partial charge >= 0.3 is 6.03 Å². The van der Waals surface area contributed by atoms with Gasteiger partial charge in [-0.3, -0.25) is 0 Å². The maximum atomic E-state index is 12.4. The van der Waals surface area contributed by atoms with E-state index >= 15 is 0 Å². The van der Waals surface area contributed by atoms with Crippen LogP contribution < -0.4 is 10.1 Å². The Morgan fingerprint density at radius 2 is 2.33 bits per heavy atom. The molecule has 1 fully saturated rings. The van der Waals surface area contributed by atoms with Crippen molar-refractivity contribution in [2.75, 3.05) is 40.0 Å². The lowest BCUT2D eigenvalue weighted by molar-refractivity contribution is 0.0164. The molecular formula is C17H27N3O4. The molecule has 7 nitrogen and oxygen atoms in total. The number of ether oxygens (including phenoxy) is 3. The van der Waals surface area contributed by atoms with E-state index in [1.807, 2.05) is 24.0 Å². The highest BCUT2D eigenvalue weighted by Gasteiger charge is 2.23. The number of nitrogens with zero attached hydrogens (tertiary/aromatic N) is 2. The standard InChI is InChI=1S/C17H27N3O4/c1-3-23-15-7-5-9-20(13-15)17(21)19-12-14-6-4-8-18-16(14)24-11-10-22-2/h4,6,8,15H,3,5,7,9-13H2,1-2H3,(H,19,21). The number of carbonyl (C=O) groups is 1. The monoisotopic (exact) mass is 337 g/mol. The number of urea groups is 1. The van der Waals surface area contributed by atoms with Crippen molar-refractivity contribution in [1.29, 1.82) is 0 Å². The molecular weight excluding hydrogens is 310 g/mol. The number of aromatic nitrogens is 1. The highest BCUT2D eigenvalue weighted by Crippen LogP contribution is 2.16. The summed E-state index contributed by atoms with van der Waals surface area (Å²) in [6, 6.07) is 3.65. The summed E-state index contributed by atoms with van der Waals surface area (Å²) in [6.45, 7) is 5.37. The molecule has 2 rings (SSSR count). The third kappa shape index (κ3) is 5.65. The maximum absolute atomic E-state index is 12.4. The van der Waals surface area contributed by atoms with E-state index in [0.29, 0.717) is 38.8 Å². The third-order valence-electron chi connectivity index (χ3n) is 3.87. The first-order valence-electron chi connectivity index (χ1n) is 8.44. The van der Waals surface area contributed by atoms with Crippen molar-refractivity contribution in [3.05, 3.63) is 23.9 Å². The lowest BCUT2D eigenvalue weighted by Crippen LogP contribution is -2.47. The first-order valence-corrected chi connectivity index (χ1v) is 8.44. The number of piperidine rings is 1. The fourth-order valence-electron chi connectivity index (χ4n) is 2.69. The van der Waals surface area contributed by atoms with Gasteiger partial charge in [-0.2, -0.15) is 0 Å². The van der Waals surface area contributed by atoms with E-state index in [1.165, 1.54) is 0 Å². The van der Waals surface area contributed by atoms with Crippen LogP contribution in [0.25, 0.3) is 0 Å². The molecule has 1 unspecified atom stereocenters. The average Bonchev–Trinajstić information content (AvgIpc) is 2.61. The minimum atomic E-state index is -0.0777. The van der Waals surface area contributed by atoms with Crippen molar-refractivity contribution >= 4 is 6.03 Å². The van der Waals surface area contributed by atoms with Crippen molar-refractivity contribution in [1.82, 2.24) is 15.2 Å². The molecule has 1 N–H and O–H groups in total. The molecule has 0 aromatic carbocycles. The van der Waals surface area contributed by atoms with Gasteiger partial charge in [-0.25, -0.2) is 9.78 Å². The molecule has 134 valence electrons. The molecule has 7 heteroatoms. The number of hydrogen-bond acceptors (Lipinski definition) is 5. The molecule has 2 amide bonds. The number of hydrogen-bond donors (Lipinski definition) is 1. The molecule has 0 radical (unpaired) electrons. The molecule has 0 spiro atoms. The van der Waals surface area contributed by atoms with Gasteiger partial charge in [0.15, 0.2) is 0 Å². The predicted octanol–water partition coefficient (Wildman–Crippen LogP) is 1.82. The van der Waals surface area contributed by atoms with Crippen molar-refractivity contribution in [3.8, 4) is 5.88 Å². The van der Waals surface area contributed by atoms with Gasteiger partial charge in [0.25, 0.3) is 0 Å². The minimum absolute atomic E-state index is 0.0777. The van der Waals surface area contributed by atoms with Crippen molar-refractivity contribution in [3.63, 3.8) is 0 Å². The van der Waals surface area contributed by atoms with Crippen LogP contribution in [0.4, 0.5) is 4.79 Å². The average molecular weight is 337 g/mol. The summed E-state index contributed by atoms with van der Waals surface area (Å²) in [5.41, 5.74) is 0.848. The van der Waals surface area contributed by atoms with Crippen LogP contribution in [0, 0.1) is 0 Å². The number of carbonyl (C=O) groups excluding carboxylic acids is 1. The summed E-state index contributed by atoms with van der Waals surface area (Å²) in [7, 11) is 1.62. The Labute approximate surface area is 143 Å². The van der Waals surface area contributed by atoms with Gasteiger partial charge < -0.3 is 24.4 Å². The van der Waals surface area contributed by atoms with E-state index in [1.54, 1.807) is 13.3 Å². The minimum Gasteiger partial charge on any atom is -0.475 e. The second kappa shape index (κ2) is 10.1. The summed E-state index contributed by atoms with van der Waals surface area (Å²) >= 11 is 0. The van der Waals surface area contributed by atoms with Crippen LogP contribution in [0.2, 0.25) is 0 Å². The number of amides is 2. The van der Waals surface area contributed by atoms with Crippen LogP contribution in [0.1, 0.15) is 25.3 Å². The number of nitrogens with one attached hydrogen (secondary N) is 1. The lowest BCUT2D eigenvalue weighted by atomic mass is 10.1. The Morgan fingerprint density at radius 1 is 1.46 bits per heavy atom. The summed E-state index contributed by atoms with van der Waals surface area (Å²) < 4.78 is 16.2. The third-order valence-corrected chi connectivity index (χ3v) is 3.87. The van der Waals surface area contributed by atoms with E-state index in [2.05, 4.69) is 10.3 Å². The Morgan fingerprint density at radius 3 is 3.12 bits per heavy atom. The van der Waals surface area contributed by atoms with Gasteiger partial charge in [0.1, 0.15) is 6.61 Å². The Hall–Kier alpha value is -1.86. The first-order chi connectivity index (χ1) is 11.7. The van der Waals surface area contributed by atoms with Crippen LogP contribution in [-0.2, 0) is 16.0 Å². The van der Waals surface area contributed by atoms with Crippen molar-refractivity contribution < 1.29 is 19.0 Å². The summed E-state index contributed by atoms with van der Waals surface area (Å²) in [5.74, 6) is 0.528. The molecule has 0 bridgehead atoms. The zero-order valence-corrected chi connectivity index (χ0v) is 14.5. The smallest absolute Gasteiger partial charge is 0.317 e.